The van der Waals surface area contributed by atoms with Crippen molar-refractivity contribution < 1.29 is 14.3 Å². The van der Waals surface area contributed by atoms with Gasteiger partial charge in [0.15, 0.2) is 5.17 Å². The fraction of sp³-hybridized carbons (Fsp3) is 0.200. The van der Waals surface area contributed by atoms with Gasteiger partial charge in [0, 0.05) is 13.1 Å². The van der Waals surface area contributed by atoms with Crippen molar-refractivity contribution in [1.82, 2.24) is 4.90 Å². The maximum absolute atomic E-state index is 12.4. The van der Waals surface area contributed by atoms with E-state index in [1.165, 1.54) is 22.5 Å². The highest BCUT2D eigenvalue weighted by Crippen LogP contribution is 2.31. The summed E-state index contributed by atoms with van der Waals surface area (Å²) in [6.07, 6.45) is 1.88. The van der Waals surface area contributed by atoms with E-state index in [0.717, 1.165) is 35.1 Å². The number of rotatable bonds is 4. The molecule has 0 atom stereocenters. The molecule has 5 nitrogen and oxygen atoms in total. The van der Waals surface area contributed by atoms with Gasteiger partial charge < -0.3 is 14.4 Å². The Morgan fingerprint density at radius 2 is 1.84 bits per heavy atom. The van der Waals surface area contributed by atoms with Crippen molar-refractivity contribution in [3.63, 3.8) is 0 Å². The highest BCUT2D eigenvalue weighted by molar-refractivity contribution is 8.18. The van der Waals surface area contributed by atoms with Gasteiger partial charge in [-0.1, -0.05) is 54.6 Å². The first-order valence-electron chi connectivity index (χ1n) is 10.3. The first-order chi connectivity index (χ1) is 15.3. The zero-order chi connectivity index (χ0) is 21.0. The summed E-state index contributed by atoms with van der Waals surface area (Å²) in [6, 6.07) is 22.4. The van der Waals surface area contributed by atoms with Crippen LogP contribution >= 0.6 is 11.8 Å². The molecule has 0 aliphatic carbocycles. The highest BCUT2D eigenvalue weighted by atomic mass is 32.2. The second-order valence-electron chi connectivity index (χ2n) is 7.41. The Bertz CT molecular complexity index is 1180. The van der Waals surface area contributed by atoms with Gasteiger partial charge in [-0.05, 0) is 51.9 Å². The van der Waals surface area contributed by atoms with Crippen molar-refractivity contribution in [3.8, 4) is 5.75 Å². The van der Waals surface area contributed by atoms with Crippen LogP contribution in [-0.4, -0.2) is 42.3 Å². The van der Waals surface area contributed by atoms with E-state index in [4.69, 9.17) is 9.47 Å². The molecule has 31 heavy (non-hydrogen) atoms. The summed E-state index contributed by atoms with van der Waals surface area (Å²) in [6.45, 7) is 3.36. The monoisotopic (exact) mass is 430 g/mol. The van der Waals surface area contributed by atoms with Crippen LogP contribution in [0.3, 0.4) is 0 Å². The Morgan fingerprint density at radius 1 is 1.03 bits per heavy atom. The van der Waals surface area contributed by atoms with Crippen molar-refractivity contribution in [2.45, 2.75) is 6.61 Å². The van der Waals surface area contributed by atoms with Crippen molar-refractivity contribution in [2.24, 2.45) is 4.99 Å². The minimum atomic E-state index is -0.187. The van der Waals surface area contributed by atoms with E-state index in [1.54, 1.807) is 0 Å². The summed E-state index contributed by atoms with van der Waals surface area (Å²) < 4.78 is 11.5. The van der Waals surface area contributed by atoms with Crippen LogP contribution in [0.2, 0.25) is 0 Å². The van der Waals surface area contributed by atoms with Gasteiger partial charge in [0.05, 0.1) is 18.1 Å². The number of ether oxygens (including phenoxy) is 2. The number of thioether (sulfide) groups is 1. The van der Waals surface area contributed by atoms with Crippen LogP contribution in [0.25, 0.3) is 16.8 Å². The molecule has 0 bridgehead atoms. The standard InChI is InChI=1S/C25H22N2O3S/c28-24-23(31-25(26-24)27-11-13-29-14-12-27)16-18-5-3-9-21(15-18)30-17-20-8-4-7-19-6-1-2-10-22(19)20/h1-10,15-16H,11-14,17H2/b23-16+. The molecule has 1 amide bonds. The Kier molecular flexibility index (Phi) is 5.74. The average Bonchev–Trinajstić information content (AvgIpc) is 3.18. The number of amides is 1. The number of hydrogen-bond donors (Lipinski definition) is 0. The summed E-state index contributed by atoms with van der Waals surface area (Å²) in [5, 5.41) is 3.17. The van der Waals surface area contributed by atoms with Crippen LogP contribution in [0.15, 0.2) is 76.6 Å². The molecule has 0 aromatic heterocycles. The lowest BCUT2D eigenvalue weighted by molar-refractivity contribution is -0.113. The molecule has 2 aliphatic heterocycles. The van der Waals surface area contributed by atoms with E-state index in [-0.39, 0.29) is 5.91 Å². The smallest absolute Gasteiger partial charge is 0.286 e. The van der Waals surface area contributed by atoms with Gasteiger partial charge in [-0.15, -0.1) is 0 Å². The summed E-state index contributed by atoms with van der Waals surface area (Å²) in [4.78, 5) is 19.4. The molecule has 3 aromatic carbocycles. The third-order valence-corrected chi connectivity index (χ3v) is 6.37. The number of carbonyl (C=O) groups is 1. The van der Waals surface area contributed by atoms with Crippen molar-refractivity contribution in [1.29, 1.82) is 0 Å². The van der Waals surface area contributed by atoms with Crippen molar-refractivity contribution in [2.75, 3.05) is 26.3 Å². The molecule has 0 radical (unpaired) electrons. The second kappa shape index (κ2) is 8.96. The number of hydrogen-bond acceptors (Lipinski definition) is 5. The predicted octanol–water partition coefficient (Wildman–Crippen LogP) is 4.72. The third-order valence-electron chi connectivity index (χ3n) is 5.32. The summed E-state index contributed by atoms with van der Waals surface area (Å²) in [5.74, 6) is 0.584. The summed E-state index contributed by atoms with van der Waals surface area (Å²) in [7, 11) is 0. The summed E-state index contributed by atoms with van der Waals surface area (Å²) in [5.41, 5.74) is 2.07. The quantitative estimate of drug-likeness (QED) is 0.561. The first-order valence-corrected chi connectivity index (χ1v) is 11.1. The zero-order valence-electron chi connectivity index (χ0n) is 17.0. The van der Waals surface area contributed by atoms with Gasteiger partial charge in [-0.25, -0.2) is 0 Å². The molecular formula is C25H22N2O3S. The molecule has 1 saturated heterocycles. The van der Waals surface area contributed by atoms with Gasteiger partial charge in [0.25, 0.3) is 5.91 Å². The maximum atomic E-state index is 12.4. The minimum Gasteiger partial charge on any atom is -0.489 e. The van der Waals surface area contributed by atoms with Gasteiger partial charge in [0.2, 0.25) is 0 Å². The van der Waals surface area contributed by atoms with E-state index in [9.17, 15) is 4.79 Å². The molecule has 0 saturated carbocycles. The third kappa shape index (κ3) is 4.50. The molecule has 3 aromatic rings. The number of benzene rings is 3. The van der Waals surface area contributed by atoms with Crippen LogP contribution in [0.5, 0.6) is 5.75 Å². The van der Waals surface area contributed by atoms with Crippen LogP contribution in [-0.2, 0) is 16.1 Å². The predicted molar refractivity (Wildman–Crippen MR) is 125 cm³/mol. The van der Waals surface area contributed by atoms with Gasteiger partial charge in [-0.2, -0.15) is 4.99 Å². The van der Waals surface area contributed by atoms with E-state index < -0.39 is 0 Å². The largest absolute Gasteiger partial charge is 0.489 e. The Balaban J connectivity index is 1.29. The van der Waals surface area contributed by atoms with Gasteiger partial charge >= 0.3 is 0 Å². The molecule has 0 N–H and O–H groups in total. The number of carbonyl (C=O) groups excluding carboxylic acids is 1. The molecule has 6 heteroatoms. The van der Waals surface area contributed by atoms with Gasteiger partial charge in [-0.3, -0.25) is 4.79 Å². The molecule has 156 valence electrons. The summed E-state index contributed by atoms with van der Waals surface area (Å²) >= 11 is 1.43. The van der Waals surface area contributed by atoms with Crippen molar-refractivity contribution >= 4 is 39.7 Å². The number of morpholine rings is 1. The molecule has 1 fully saturated rings. The molecule has 0 unspecified atom stereocenters. The topological polar surface area (TPSA) is 51.1 Å². The Labute approximate surface area is 185 Å². The van der Waals surface area contributed by atoms with Crippen LogP contribution < -0.4 is 4.74 Å². The molecule has 2 aliphatic rings. The lowest BCUT2D eigenvalue weighted by Crippen LogP contribution is -2.38. The van der Waals surface area contributed by atoms with E-state index in [1.807, 2.05) is 42.5 Å². The number of aliphatic imine (C=N–C) groups is 1. The fourth-order valence-electron chi connectivity index (χ4n) is 3.71. The van der Waals surface area contributed by atoms with Crippen molar-refractivity contribution in [3.05, 3.63) is 82.8 Å². The lowest BCUT2D eigenvalue weighted by atomic mass is 10.1. The van der Waals surface area contributed by atoms with Crippen LogP contribution in [0.4, 0.5) is 0 Å². The van der Waals surface area contributed by atoms with E-state index in [0.29, 0.717) is 24.7 Å². The maximum Gasteiger partial charge on any atom is 0.286 e. The normalized spacial score (nSPS) is 17.9. The molecule has 0 spiro atoms. The number of fused-ring (bicyclic) bond motifs is 1. The second-order valence-corrected chi connectivity index (χ2v) is 8.42. The Morgan fingerprint density at radius 3 is 2.74 bits per heavy atom. The van der Waals surface area contributed by atoms with E-state index >= 15 is 0 Å². The first kappa shape index (κ1) is 19.8. The van der Waals surface area contributed by atoms with Gasteiger partial charge in [0.1, 0.15) is 12.4 Å². The number of nitrogens with zero attached hydrogens (tertiary/aromatic N) is 2. The molecular weight excluding hydrogens is 408 g/mol. The van der Waals surface area contributed by atoms with E-state index in [2.05, 4.69) is 40.2 Å². The minimum absolute atomic E-state index is 0.187. The SMILES string of the molecule is O=C1N=C(N2CCOCC2)S/C1=C/c1cccc(OCc2cccc3ccccc23)c1. The zero-order valence-corrected chi connectivity index (χ0v) is 17.8. The molecule has 2 heterocycles. The average molecular weight is 431 g/mol. The highest BCUT2D eigenvalue weighted by Gasteiger charge is 2.27. The van der Waals surface area contributed by atoms with Crippen LogP contribution in [0.1, 0.15) is 11.1 Å². The fourth-order valence-corrected chi connectivity index (χ4v) is 4.68. The Hall–Kier alpha value is -3.09. The number of amidine groups is 1. The lowest BCUT2D eigenvalue weighted by Gasteiger charge is -2.27. The van der Waals surface area contributed by atoms with Crippen LogP contribution in [0, 0.1) is 0 Å². The molecule has 5 rings (SSSR count).